The maximum atomic E-state index is 6.26. The van der Waals surface area contributed by atoms with Gasteiger partial charge in [0, 0.05) is 25.2 Å². The Hall–Kier alpha value is -0.0800. The lowest BCUT2D eigenvalue weighted by Crippen LogP contribution is -2.51. The summed E-state index contributed by atoms with van der Waals surface area (Å²) >= 11 is 0. The summed E-state index contributed by atoms with van der Waals surface area (Å²) < 4.78 is 0. The Labute approximate surface area is 126 Å². The van der Waals surface area contributed by atoms with E-state index in [0.717, 1.165) is 24.4 Å². The third-order valence-corrected chi connectivity index (χ3v) is 5.48. The molecule has 2 N–H and O–H groups in total. The molecule has 0 amide bonds. The summed E-state index contributed by atoms with van der Waals surface area (Å²) in [5.41, 5.74) is 6.26. The van der Waals surface area contributed by atoms with E-state index in [-0.39, 0.29) is 0 Å². The predicted molar refractivity (Wildman–Crippen MR) is 87.8 cm³/mol. The molecule has 0 heterocycles. The first-order valence-electron chi connectivity index (χ1n) is 9.18. The number of rotatable bonds is 6. The molecule has 2 saturated carbocycles. The van der Waals surface area contributed by atoms with Gasteiger partial charge in [0.05, 0.1) is 0 Å². The average Bonchev–Trinajstić information content (AvgIpc) is 2.82. The molecule has 2 rings (SSSR count). The molecule has 0 saturated heterocycles. The third-order valence-electron chi connectivity index (χ3n) is 5.48. The van der Waals surface area contributed by atoms with Crippen molar-refractivity contribution < 1.29 is 0 Å². The molecule has 2 heteroatoms. The van der Waals surface area contributed by atoms with Gasteiger partial charge in [0.15, 0.2) is 0 Å². The fourth-order valence-electron chi connectivity index (χ4n) is 4.51. The third kappa shape index (κ3) is 4.46. The zero-order chi connectivity index (χ0) is 14.4. The van der Waals surface area contributed by atoms with E-state index in [9.17, 15) is 0 Å². The van der Waals surface area contributed by atoms with E-state index in [1.54, 1.807) is 0 Å². The van der Waals surface area contributed by atoms with Crippen molar-refractivity contribution in [2.75, 3.05) is 13.1 Å². The second kappa shape index (κ2) is 8.38. The van der Waals surface area contributed by atoms with Gasteiger partial charge in [-0.2, -0.15) is 0 Å². The van der Waals surface area contributed by atoms with Crippen molar-refractivity contribution in [3.8, 4) is 0 Å². The lowest BCUT2D eigenvalue weighted by molar-refractivity contribution is 0.0774. The van der Waals surface area contributed by atoms with E-state index < -0.39 is 0 Å². The highest BCUT2D eigenvalue weighted by atomic mass is 15.2. The summed E-state index contributed by atoms with van der Waals surface area (Å²) in [7, 11) is 0. The van der Waals surface area contributed by atoms with Crippen molar-refractivity contribution in [1.82, 2.24) is 4.90 Å². The van der Waals surface area contributed by atoms with Crippen molar-refractivity contribution in [1.29, 1.82) is 0 Å². The van der Waals surface area contributed by atoms with E-state index in [1.165, 1.54) is 70.8 Å². The molecule has 2 nitrogen and oxygen atoms in total. The molecule has 118 valence electrons. The summed E-state index contributed by atoms with van der Waals surface area (Å²) in [6.07, 6.45) is 14.3. The zero-order valence-corrected chi connectivity index (χ0v) is 13.8. The Morgan fingerprint density at radius 3 is 1.95 bits per heavy atom. The molecule has 0 spiro atoms. The molecule has 0 aliphatic heterocycles. The van der Waals surface area contributed by atoms with Crippen LogP contribution in [0.15, 0.2) is 0 Å². The van der Waals surface area contributed by atoms with Crippen LogP contribution in [0.4, 0.5) is 0 Å². The van der Waals surface area contributed by atoms with Crippen LogP contribution in [-0.2, 0) is 0 Å². The maximum absolute atomic E-state index is 6.26. The topological polar surface area (TPSA) is 29.3 Å². The van der Waals surface area contributed by atoms with Gasteiger partial charge in [0.25, 0.3) is 0 Å². The first-order valence-corrected chi connectivity index (χ1v) is 9.18. The summed E-state index contributed by atoms with van der Waals surface area (Å²) in [5, 5.41) is 0. The number of nitrogens with zero attached hydrogens (tertiary/aromatic N) is 1. The van der Waals surface area contributed by atoms with Crippen LogP contribution in [0.5, 0.6) is 0 Å². The van der Waals surface area contributed by atoms with Crippen LogP contribution in [0.1, 0.15) is 78.1 Å². The van der Waals surface area contributed by atoms with Gasteiger partial charge in [-0.1, -0.05) is 52.4 Å². The van der Waals surface area contributed by atoms with E-state index in [4.69, 9.17) is 5.73 Å². The van der Waals surface area contributed by atoms with Crippen LogP contribution in [0, 0.1) is 11.8 Å². The van der Waals surface area contributed by atoms with Gasteiger partial charge in [-0.05, 0) is 37.5 Å². The van der Waals surface area contributed by atoms with Crippen LogP contribution in [0.3, 0.4) is 0 Å². The van der Waals surface area contributed by atoms with Crippen molar-refractivity contribution in [3.63, 3.8) is 0 Å². The second-order valence-electron chi connectivity index (χ2n) is 7.58. The van der Waals surface area contributed by atoms with E-state index >= 15 is 0 Å². The lowest BCUT2D eigenvalue weighted by Gasteiger charge is -2.41. The quantitative estimate of drug-likeness (QED) is 0.739. The normalized spacial score (nSPS) is 24.4. The molecule has 2 aliphatic rings. The highest BCUT2D eigenvalue weighted by Crippen LogP contribution is 2.33. The summed E-state index contributed by atoms with van der Waals surface area (Å²) in [6.45, 7) is 6.85. The predicted octanol–water partition coefficient (Wildman–Crippen LogP) is 4.18. The molecule has 0 aromatic carbocycles. The highest BCUT2D eigenvalue weighted by Gasteiger charge is 2.33. The fourth-order valence-corrected chi connectivity index (χ4v) is 4.51. The molecule has 0 bridgehead atoms. The van der Waals surface area contributed by atoms with Crippen LogP contribution < -0.4 is 5.73 Å². The molecule has 1 atom stereocenters. The van der Waals surface area contributed by atoms with Gasteiger partial charge in [-0.15, -0.1) is 0 Å². The second-order valence-corrected chi connectivity index (χ2v) is 7.58. The Morgan fingerprint density at radius 2 is 1.45 bits per heavy atom. The van der Waals surface area contributed by atoms with E-state index in [1.807, 2.05) is 0 Å². The average molecular weight is 280 g/mol. The molecule has 0 aromatic heterocycles. The van der Waals surface area contributed by atoms with Gasteiger partial charge in [0.1, 0.15) is 0 Å². The molecular formula is C18H36N2. The molecular weight excluding hydrogens is 244 g/mol. The number of hydrogen-bond donors (Lipinski definition) is 1. The number of hydrogen-bond acceptors (Lipinski definition) is 2. The number of nitrogens with two attached hydrogens (primary N) is 1. The van der Waals surface area contributed by atoms with Crippen LogP contribution in [0.2, 0.25) is 0 Å². The SMILES string of the molecule is CC(C)CN(C1CCCC1)C(CN)C1CCCCCC1. The van der Waals surface area contributed by atoms with Crippen LogP contribution in [0.25, 0.3) is 0 Å². The minimum absolute atomic E-state index is 0.651. The minimum atomic E-state index is 0.651. The van der Waals surface area contributed by atoms with Gasteiger partial charge in [-0.25, -0.2) is 0 Å². The van der Waals surface area contributed by atoms with Crippen LogP contribution in [-0.4, -0.2) is 30.1 Å². The van der Waals surface area contributed by atoms with Gasteiger partial charge >= 0.3 is 0 Å². The molecule has 2 aliphatic carbocycles. The van der Waals surface area contributed by atoms with Crippen molar-refractivity contribution in [2.24, 2.45) is 17.6 Å². The fraction of sp³-hybridized carbons (Fsp3) is 1.00. The first-order chi connectivity index (χ1) is 9.72. The Kier molecular flexibility index (Phi) is 6.83. The van der Waals surface area contributed by atoms with Gasteiger partial charge < -0.3 is 5.73 Å². The van der Waals surface area contributed by atoms with E-state index in [2.05, 4.69) is 18.7 Å². The molecule has 1 unspecified atom stereocenters. The largest absolute Gasteiger partial charge is 0.329 e. The first kappa shape index (κ1) is 16.3. The highest BCUT2D eigenvalue weighted by molar-refractivity contribution is 4.88. The van der Waals surface area contributed by atoms with Gasteiger partial charge in [0.2, 0.25) is 0 Å². The molecule has 2 fully saturated rings. The monoisotopic (exact) mass is 280 g/mol. The van der Waals surface area contributed by atoms with Crippen molar-refractivity contribution in [2.45, 2.75) is 90.1 Å². The zero-order valence-electron chi connectivity index (χ0n) is 13.8. The Balaban J connectivity index is 2.05. The Bertz CT molecular complexity index is 250. The van der Waals surface area contributed by atoms with Gasteiger partial charge in [-0.3, -0.25) is 4.90 Å². The minimum Gasteiger partial charge on any atom is -0.329 e. The van der Waals surface area contributed by atoms with E-state index in [0.29, 0.717) is 6.04 Å². The molecule has 0 aromatic rings. The smallest absolute Gasteiger partial charge is 0.0249 e. The summed E-state index contributed by atoms with van der Waals surface area (Å²) in [5.74, 6) is 1.62. The van der Waals surface area contributed by atoms with Crippen LogP contribution >= 0.6 is 0 Å². The standard InChI is InChI=1S/C18H36N2/c1-15(2)14-20(17-11-7-8-12-17)18(13-19)16-9-5-3-4-6-10-16/h15-18H,3-14,19H2,1-2H3. The summed E-state index contributed by atoms with van der Waals surface area (Å²) in [4.78, 5) is 2.84. The van der Waals surface area contributed by atoms with Crippen molar-refractivity contribution in [3.05, 3.63) is 0 Å². The Morgan fingerprint density at radius 1 is 0.900 bits per heavy atom. The summed E-state index contributed by atoms with van der Waals surface area (Å²) in [6, 6.07) is 1.48. The van der Waals surface area contributed by atoms with Crippen molar-refractivity contribution >= 4 is 0 Å². The molecule has 0 radical (unpaired) electrons. The maximum Gasteiger partial charge on any atom is 0.0249 e. The molecule has 20 heavy (non-hydrogen) atoms. The lowest BCUT2D eigenvalue weighted by atomic mass is 9.89.